The molecule has 2 aliphatic rings. The van der Waals surface area contributed by atoms with Gasteiger partial charge in [0, 0.05) is 44.9 Å². The first kappa shape index (κ1) is 17.8. The van der Waals surface area contributed by atoms with Gasteiger partial charge >= 0.3 is 0 Å². The second-order valence-corrected chi connectivity index (χ2v) is 7.92. The number of hydrogen-bond acceptors (Lipinski definition) is 6. The fourth-order valence-electron chi connectivity index (χ4n) is 3.03. The van der Waals surface area contributed by atoms with Gasteiger partial charge in [0.25, 0.3) is 11.6 Å². The number of piperazine rings is 1. The topological polar surface area (TPSA) is 110 Å². The van der Waals surface area contributed by atoms with E-state index in [0.29, 0.717) is 13.0 Å². The van der Waals surface area contributed by atoms with Crippen LogP contribution in [-0.4, -0.2) is 67.3 Å². The monoisotopic (exact) mass is 369 g/mol. The minimum Gasteiger partial charge on any atom is -0.368 e. The summed E-state index contributed by atoms with van der Waals surface area (Å²) in [6.45, 7) is 1.46. The van der Waals surface area contributed by atoms with Crippen LogP contribution in [0.2, 0.25) is 0 Å². The first-order valence-corrected chi connectivity index (χ1v) is 9.48. The lowest BCUT2D eigenvalue weighted by molar-refractivity contribution is -0.385. The van der Waals surface area contributed by atoms with E-state index in [1.807, 2.05) is 0 Å². The molecule has 1 aromatic rings. The number of nitrogens with zero attached hydrogens (tertiary/aromatic N) is 3. The molecule has 9 nitrogen and oxygen atoms in total. The number of ether oxygens (including phenoxy) is 1. The standard InChI is InChI=1S/C15H19N3O6S/c19-15(14-5-2-10-24-14)16-6-8-17(9-7-16)25(22,23)13-4-1-3-12(11-13)18(20)21/h1,3-4,11,14H,2,5-10H2/t14-/m0/s1. The van der Waals surface area contributed by atoms with Crippen LogP contribution >= 0.6 is 0 Å². The Hall–Kier alpha value is -2.04. The number of sulfonamides is 1. The molecule has 0 bridgehead atoms. The van der Waals surface area contributed by atoms with Gasteiger partial charge in [-0.3, -0.25) is 14.9 Å². The highest BCUT2D eigenvalue weighted by atomic mass is 32.2. The van der Waals surface area contributed by atoms with E-state index in [0.717, 1.165) is 12.5 Å². The Morgan fingerprint density at radius 2 is 1.96 bits per heavy atom. The SMILES string of the molecule is O=C([C@@H]1CCCO1)N1CCN(S(=O)(=O)c2cccc([N+](=O)[O-])c2)CC1. The van der Waals surface area contributed by atoms with Crippen molar-refractivity contribution in [2.75, 3.05) is 32.8 Å². The summed E-state index contributed by atoms with van der Waals surface area (Å²) in [5.41, 5.74) is -0.270. The average molecular weight is 369 g/mol. The molecule has 0 unspecified atom stereocenters. The van der Waals surface area contributed by atoms with Crippen LogP contribution in [0.3, 0.4) is 0 Å². The number of hydrogen-bond donors (Lipinski definition) is 0. The van der Waals surface area contributed by atoms with Crippen molar-refractivity contribution in [2.24, 2.45) is 0 Å². The van der Waals surface area contributed by atoms with Gasteiger partial charge in [0.05, 0.1) is 9.82 Å². The Labute approximate surface area is 145 Å². The van der Waals surface area contributed by atoms with Crippen molar-refractivity contribution in [3.8, 4) is 0 Å². The fourth-order valence-corrected chi connectivity index (χ4v) is 4.49. The third-order valence-corrected chi connectivity index (χ3v) is 6.32. The third kappa shape index (κ3) is 3.65. The molecular weight excluding hydrogens is 350 g/mol. The van der Waals surface area contributed by atoms with Crippen molar-refractivity contribution in [1.82, 2.24) is 9.21 Å². The highest BCUT2D eigenvalue weighted by molar-refractivity contribution is 7.89. The molecule has 0 N–H and O–H groups in total. The number of nitro benzene ring substituents is 1. The average Bonchev–Trinajstić information content (AvgIpc) is 3.16. The second-order valence-electron chi connectivity index (χ2n) is 5.99. The molecule has 2 fully saturated rings. The first-order valence-electron chi connectivity index (χ1n) is 8.04. The van der Waals surface area contributed by atoms with Gasteiger partial charge < -0.3 is 9.64 Å². The van der Waals surface area contributed by atoms with Crippen LogP contribution in [0.4, 0.5) is 5.69 Å². The first-order chi connectivity index (χ1) is 11.9. The molecule has 1 aromatic carbocycles. The maximum atomic E-state index is 12.7. The van der Waals surface area contributed by atoms with Crippen molar-refractivity contribution in [1.29, 1.82) is 0 Å². The van der Waals surface area contributed by atoms with E-state index in [1.54, 1.807) is 4.90 Å². The van der Waals surface area contributed by atoms with Gasteiger partial charge in [-0.15, -0.1) is 0 Å². The van der Waals surface area contributed by atoms with Crippen LogP contribution in [-0.2, 0) is 19.6 Å². The zero-order valence-corrected chi connectivity index (χ0v) is 14.4. The maximum absolute atomic E-state index is 12.7. The number of nitro groups is 1. The Balaban J connectivity index is 1.68. The van der Waals surface area contributed by atoms with E-state index in [9.17, 15) is 23.3 Å². The molecule has 2 aliphatic heterocycles. The van der Waals surface area contributed by atoms with Crippen LogP contribution in [0, 0.1) is 10.1 Å². The maximum Gasteiger partial charge on any atom is 0.270 e. The molecule has 1 amide bonds. The number of non-ortho nitro benzene ring substituents is 1. The third-order valence-electron chi connectivity index (χ3n) is 4.42. The van der Waals surface area contributed by atoms with Gasteiger partial charge in [-0.05, 0) is 18.9 Å². The molecular formula is C15H19N3O6S. The van der Waals surface area contributed by atoms with Gasteiger partial charge in [0.1, 0.15) is 6.10 Å². The molecule has 3 rings (SSSR count). The van der Waals surface area contributed by atoms with Gasteiger partial charge in [-0.2, -0.15) is 4.31 Å². The van der Waals surface area contributed by atoms with Crippen LogP contribution < -0.4 is 0 Å². The molecule has 2 heterocycles. The van der Waals surface area contributed by atoms with Crippen molar-refractivity contribution >= 4 is 21.6 Å². The van der Waals surface area contributed by atoms with E-state index in [4.69, 9.17) is 4.74 Å². The molecule has 2 saturated heterocycles. The molecule has 10 heteroatoms. The molecule has 0 aliphatic carbocycles. The largest absolute Gasteiger partial charge is 0.368 e. The Morgan fingerprint density at radius 1 is 1.24 bits per heavy atom. The lowest BCUT2D eigenvalue weighted by Gasteiger charge is -2.35. The van der Waals surface area contributed by atoms with Gasteiger partial charge in [0.2, 0.25) is 10.0 Å². The molecule has 0 radical (unpaired) electrons. The zero-order valence-electron chi connectivity index (χ0n) is 13.5. The quantitative estimate of drug-likeness (QED) is 0.568. The van der Waals surface area contributed by atoms with E-state index < -0.39 is 21.1 Å². The van der Waals surface area contributed by atoms with E-state index in [-0.39, 0.29) is 42.7 Å². The predicted molar refractivity (Wildman–Crippen MR) is 87.4 cm³/mol. The molecule has 0 saturated carbocycles. The zero-order chi connectivity index (χ0) is 18.0. The summed E-state index contributed by atoms with van der Waals surface area (Å²) in [7, 11) is -3.83. The summed E-state index contributed by atoms with van der Waals surface area (Å²) in [5, 5.41) is 10.8. The van der Waals surface area contributed by atoms with Gasteiger partial charge in [-0.1, -0.05) is 6.07 Å². The fraction of sp³-hybridized carbons (Fsp3) is 0.533. The van der Waals surface area contributed by atoms with Crippen LogP contribution in [0.1, 0.15) is 12.8 Å². The van der Waals surface area contributed by atoms with Crippen molar-refractivity contribution < 1.29 is 22.9 Å². The summed E-state index contributed by atoms with van der Waals surface area (Å²) in [6, 6.07) is 4.99. The summed E-state index contributed by atoms with van der Waals surface area (Å²) < 4.78 is 32.0. The lowest BCUT2D eigenvalue weighted by Crippen LogP contribution is -2.52. The molecule has 0 aromatic heterocycles. The Kier molecular flexibility index (Phi) is 5.02. The molecule has 25 heavy (non-hydrogen) atoms. The smallest absolute Gasteiger partial charge is 0.270 e. The highest BCUT2D eigenvalue weighted by Gasteiger charge is 2.34. The molecule has 0 spiro atoms. The van der Waals surface area contributed by atoms with E-state index >= 15 is 0 Å². The van der Waals surface area contributed by atoms with E-state index in [2.05, 4.69) is 0 Å². The van der Waals surface area contributed by atoms with Crippen LogP contribution in [0.15, 0.2) is 29.2 Å². The lowest BCUT2D eigenvalue weighted by atomic mass is 10.2. The highest BCUT2D eigenvalue weighted by Crippen LogP contribution is 2.23. The summed E-state index contributed by atoms with van der Waals surface area (Å²) >= 11 is 0. The summed E-state index contributed by atoms with van der Waals surface area (Å²) in [5.74, 6) is -0.0927. The van der Waals surface area contributed by atoms with Crippen LogP contribution in [0.5, 0.6) is 0 Å². The number of rotatable bonds is 4. The minimum atomic E-state index is -3.83. The van der Waals surface area contributed by atoms with Gasteiger partial charge in [-0.25, -0.2) is 8.42 Å². The summed E-state index contributed by atoms with van der Waals surface area (Å²) in [4.78, 5) is 24.0. The number of benzene rings is 1. The van der Waals surface area contributed by atoms with Crippen LogP contribution in [0.25, 0.3) is 0 Å². The molecule has 136 valence electrons. The van der Waals surface area contributed by atoms with Gasteiger partial charge in [0.15, 0.2) is 0 Å². The number of carbonyl (C=O) groups is 1. The normalized spacial score (nSPS) is 22.1. The minimum absolute atomic E-state index is 0.0927. The molecule has 1 atom stereocenters. The van der Waals surface area contributed by atoms with Crippen molar-refractivity contribution in [2.45, 2.75) is 23.8 Å². The second kappa shape index (κ2) is 7.06. The number of amides is 1. The van der Waals surface area contributed by atoms with Crippen molar-refractivity contribution in [3.05, 3.63) is 34.4 Å². The Morgan fingerprint density at radius 3 is 2.56 bits per heavy atom. The predicted octanol–water partition coefficient (Wildman–Crippen LogP) is 0.607. The number of carbonyl (C=O) groups excluding carboxylic acids is 1. The van der Waals surface area contributed by atoms with E-state index in [1.165, 1.54) is 22.5 Å². The summed E-state index contributed by atoms with van der Waals surface area (Å²) in [6.07, 6.45) is 1.14. The van der Waals surface area contributed by atoms with Crippen molar-refractivity contribution in [3.63, 3.8) is 0 Å². The Bertz CT molecular complexity index is 767.